The number of nitrogens with one attached hydrogen (secondary N) is 1. The zero-order valence-corrected chi connectivity index (χ0v) is 10.1. The van der Waals surface area contributed by atoms with Gasteiger partial charge in [0.2, 0.25) is 11.8 Å². The van der Waals surface area contributed by atoms with E-state index in [1.54, 1.807) is 26.8 Å². The van der Waals surface area contributed by atoms with Crippen LogP contribution < -0.4 is 5.32 Å². The Balaban J connectivity index is 2.17. The average Bonchev–Trinajstić information content (AvgIpc) is 2.68. The van der Waals surface area contributed by atoms with Crippen LogP contribution in [0.2, 0.25) is 0 Å². The minimum atomic E-state index is -0.480. The van der Waals surface area contributed by atoms with Gasteiger partial charge in [0.15, 0.2) is 0 Å². The molecular weight excluding hydrogens is 222 g/mol. The van der Waals surface area contributed by atoms with E-state index in [1.807, 2.05) is 0 Å². The number of aromatic nitrogens is 1. The lowest BCUT2D eigenvalue weighted by Gasteiger charge is -2.35. The van der Waals surface area contributed by atoms with Crippen LogP contribution in [0, 0.1) is 6.92 Å². The lowest BCUT2D eigenvalue weighted by atomic mass is 10.1. The highest BCUT2D eigenvalue weighted by atomic mass is 16.5. The largest absolute Gasteiger partial charge is 0.361 e. The van der Waals surface area contributed by atoms with Gasteiger partial charge in [-0.2, -0.15) is 0 Å². The van der Waals surface area contributed by atoms with Gasteiger partial charge in [-0.15, -0.1) is 0 Å². The number of aryl methyl sites for hydroxylation is 1. The Morgan fingerprint density at radius 1 is 1.47 bits per heavy atom. The highest BCUT2D eigenvalue weighted by Crippen LogP contribution is 2.14. The number of carbonyl (C=O) groups excluding carboxylic acids is 2. The summed E-state index contributed by atoms with van der Waals surface area (Å²) in [6, 6.07) is 0.805. The summed E-state index contributed by atoms with van der Waals surface area (Å²) in [6.07, 6.45) is 0. The molecule has 0 aliphatic carbocycles. The molecule has 2 heterocycles. The fourth-order valence-corrected chi connectivity index (χ4v) is 1.86. The van der Waals surface area contributed by atoms with Crippen LogP contribution in [0.5, 0.6) is 0 Å². The molecule has 17 heavy (non-hydrogen) atoms. The molecule has 0 spiro atoms. The van der Waals surface area contributed by atoms with Gasteiger partial charge in [0.1, 0.15) is 23.5 Å². The predicted molar refractivity (Wildman–Crippen MR) is 58.9 cm³/mol. The quantitative estimate of drug-likeness (QED) is 0.798. The molecule has 6 nitrogen and oxygen atoms in total. The highest BCUT2D eigenvalue weighted by Gasteiger charge is 2.35. The number of rotatable bonds is 2. The van der Waals surface area contributed by atoms with Crippen LogP contribution in [0.15, 0.2) is 10.6 Å². The van der Waals surface area contributed by atoms with Crippen molar-refractivity contribution in [3.05, 3.63) is 17.5 Å². The van der Waals surface area contributed by atoms with E-state index in [0.717, 1.165) is 0 Å². The van der Waals surface area contributed by atoms with Crippen molar-refractivity contribution in [1.82, 2.24) is 15.4 Å². The third kappa shape index (κ3) is 2.15. The van der Waals surface area contributed by atoms with Crippen molar-refractivity contribution >= 4 is 11.8 Å². The number of nitrogens with zero attached hydrogens (tertiary/aromatic N) is 2. The Hall–Kier alpha value is -1.85. The van der Waals surface area contributed by atoms with Gasteiger partial charge < -0.3 is 14.7 Å². The molecule has 1 aromatic heterocycles. The van der Waals surface area contributed by atoms with Crippen LogP contribution >= 0.6 is 0 Å². The smallest absolute Gasteiger partial charge is 0.245 e. The molecule has 6 heteroatoms. The molecule has 0 aromatic carbocycles. The normalized spacial score (nSPS) is 25.0. The van der Waals surface area contributed by atoms with Crippen LogP contribution in [0.4, 0.5) is 0 Å². The molecule has 0 saturated carbocycles. The molecule has 1 N–H and O–H groups in total. The molecule has 2 rings (SSSR count). The summed E-state index contributed by atoms with van der Waals surface area (Å²) in [5, 5.41) is 6.45. The van der Waals surface area contributed by atoms with E-state index in [4.69, 9.17) is 4.52 Å². The van der Waals surface area contributed by atoms with Gasteiger partial charge in [0.05, 0.1) is 6.54 Å². The van der Waals surface area contributed by atoms with Gasteiger partial charge in [-0.05, 0) is 20.8 Å². The van der Waals surface area contributed by atoms with E-state index in [-0.39, 0.29) is 11.8 Å². The van der Waals surface area contributed by atoms with Crippen LogP contribution in [0.25, 0.3) is 0 Å². The fraction of sp³-hybridized carbons (Fsp3) is 0.545. The lowest BCUT2D eigenvalue weighted by molar-refractivity contribution is -0.148. The second-order valence-corrected chi connectivity index (χ2v) is 4.30. The summed E-state index contributed by atoms with van der Waals surface area (Å²) in [6.45, 7) is 5.46. The number of piperazine rings is 1. The van der Waals surface area contributed by atoms with Crippen molar-refractivity contribution < 1.29 is 14.1 Å². The van der Waals surface area contributed by atoms with E-state index in [9.17, 15) is 9.59 Å². The SMILES string of the molecule is Cc1cc(CN2C(=O)C(C)NC(=O)C2C)no1. The summed E-state index contributed by atoms with van der Waals surface area (Å²) in [7, 11) is 0. The third-order valence-electron chi connectivity index (χ3n) is 2.87. The molecule has 2 unspecified atom stereocenters. The first-order valence-corrected chi connectivity index (χ1v) is 5.52. The van der Waals surface area contributed by atoms with Crippen molar-refractivity contribution in [2.75, 3.05) is 0 Å². The minimum Gasteiger partial charge on any atom is -0.361 e. The number of carbonyl (C=O) groups is 2. The van der Waals surface area contributed by atoms with Crippen molar-refractivity contribution in [3.63, 3.8) is 0 Å². The van der Waals surface area contributed by atoms with E-state index in [0.29, 0.717) is 18.0 Å². The Kier molecular flexibility index (Phi) is 2.87. The van der Waals surface area contributed by atoms with Gasteiger partial charge in [-0.1, -0.05) is 5.16 Å². The first kappa shape index (κ1) is 11.6. The summed E-state index contributed by atoms with van der Waals surface area (Å²) in [5.74, 6) is 0.449. The van der Waals surface area contributed by atoms with Crippen LogP contribution in [-0.4, -0.2) is 34.0 Å². The van der Waals surface area contributed by atoms with Crippen molar-refractivity contribution in [3.8, 4) is 0 Å². The maximum absolute atomic E-state index is 11.9. The topological polar surface area (TPSA) is 75.4 Å². The van der Waals surface area contributed by atoms with Gasteiger partial charge >= 0.3 is 0 Å². The van der Waals surface area contributed by atoms with Gasteiger partial charge in [-0.3, -0.25) is 9.59 Å². The standard InChI is InChI=1S/C11H15N3O3/c1-6-4-9(13-17-6)5-14-8(3)10(15)12-7(2)11(14)16/h4,7-8H,5H2,1-3H3,(H,12,15). The molecule has 1 fully saturated rings. The predicted octanol–water partition coefficient (Wildman–Crippen LogP) is 0.218. The third-order valence-corrected chi connectivity index (χ3v) is 2.87. The first-order valence-electron chi connectivity index (χ1n) is 5.52. The molecule has 0 radical (unpaired) electrons. The molecular formula is C11H15N3O3. The van der Waals surface area contributed by atoms with E-state index >= 15 is 0 Å². The molecule has 2 amide bonds. The van der Waals surface area contributed by atoms with E-state index in [2.05, 4.69) is 10.5 Å². The van der Waals surface area contributed by atoms with Crippen LogP contribution in [0.3, 0.4) is 0 Å². The molecule has 0 bridgehead atoms. The summed E-state index contributed by atoms with van der Waals surface area (Å²) < 4.78 is 4.94. The minimum absolute atomic E-state index is 0.0993. The molecule has 1 saturated heterocycles. The molecule has 92 valence electrons. The average molecular weight is 237 g/mol. The maximum Gasteiger partial charge on any atom is 0.245 e. The van der Waals surface area contributed by atoms with Gasteiger partial charge in [-0.25, -0.2) is 0 Å². The Labute approximate surface area is 98.9 Å². The Bertz CT molecular complexity index is 455. The zero-order chi connectivity index (χ0) is 12.6. The monoisotopic (exact) mass is 237 g/mol. The van der Waals surface area contributed by atoms with Gasteiger partial charge in [0, 0.05) is 6.07 Å². The second kappa shape index (κ2) is 4.20. The number of hydrogen-bond acceptors (Lipinski definition) is 4. The van der Waals surface area contributed by atoms with E-state index < -0.39 is 12.1 Å². The van der Waals surface area contributed by atoms with Gasteiger partial charge in [0.25, 0.3) is 0 Å². The Morgan fingerprint density at radius 2 is 2.18 bits per heavy atom. The highest BCUT2D eigenvalue weighted by molar-refractivity contribution is 5.96. The lowest BCUT2D eigenvalue weighted by Crippen LogP contribution is -2.60. The van der Waals surface area contributed by atoms with E-state index in [1.165, 1.54) is 4.90 Å². The van der Waals surface area contributed by atoms with Crippen molar-refractivity contribution in [2.24, 2.45) is 0 Å². The molecule has 1 aromatic rings. The molecule has 1 aliphatic heterocycles. The fourth-order valence-electron chi connectivity index (χ4n) is 1.86. The zero-order valence-electron chi connectivity index (χ0n) is 10.1. The number of hydrogen-bond donors (Lipinski definition) is 1. The summed E-state index contributed by atoms with van der Waals surface area (Å²) in [4.78, 5) is 25.1. The number of amides is 2. The van der Waals surface area contributed by atoms with Crippen LogP contribution in [-0.2, 0) is 16.1 Å². The van der Waals surface area contributed by atoms with Crippen LogP contribution in [0.1, 0.15) is 25.3 Å². The van der Waals surface area contributed by atoms with Crippen molar-refractivity contribution in [1.29, 1.82) is 0 Å². The maximum atomic E-state index is 11.9. The summed E-state index contributed by atoms with van der Waals surface area (Å²) in [5.41, 5.74) is 0.657. The second-order valence-electron chi connectivity index (χ2n) is 4.30. The van der Waals surface area contributed by atoms with Crippen molar-refractivity contribution in [2.45, 2.75) is 39.4 Å². The first-order chi connectivity index (χ1) is 7.99. The molecule has 2 atom stereocenters. The Morgan fingerprint density at radius 3 is 2.76 bits per heavy atom. The summed E-state index contributed by atoms with van der Waals surface area (Å²) >= 11 is 0. The molecule has 1 aliphatic rings.